The first-order chi connectivity index (χ1) is 34.6. The van der Waals surface area contributed by atoms with Gasteiger partial charge in [0.1, 0.15) is 6.10 Å². The van der Waals surface area contributed by atoms with Gasteiger partial charge >= 0.3 is 20.8 Å². The lowest BCUT2D eigenvalue weighted by Crippen LogP contribution is -2.76. The Morgan fingerprint density at radius 1 is 0.680 bits per heavy atom. The number of aliphatic hydroxyl groups excluding tert-OH is 1. The maximum absolute atomic E-state index is 12.6. The predicted octanol–water partition coefficient (Wildman–Crippen LogP) is 9.45. The fraction of sp³-hybridized carbons (Fsp3) is 0.931. The standard InChI is InChI=1S/C58H90O15S2/c1-31(36-13-15-38-35-26-44(72-75(65,66)67)48-50(5,6)58(61)45(59)28-56(48,30-69-58)41(35)19-20-52(36,38)9)12-17-46-54(11)27-33(51(7,8)73-54)24-42(70-46)32(2)37-14-16-39-34-25-43(71-74(62,63)64)47-49(3,4)57(60)23-22-55(47,29-68-57)40(34)18-21-53(37,39)10/h31-33,36-39,42-48,59-61H,12-30H2,1-11H3,(H,62,63,64)(H,65,66,67)/t31-,32?,33-,36-,37-,38?,39?,42-,43+,44+,45+,46+,47?,48?,52-,53-,54-,55+,56+,57-,58-/m1/s1. The maximum atomic E-state index is 12.6. The number of rotatable bonds is 10. The molecular weight excluding hydrogens is 1000 g/mol. The summed E-state index contributed by atoms with van der Waals surface area (Å²) in [6, 6.07) is 0. The van der Waals surface area contributed by atoms with Gasteiger partial charge in [0, 0.05) is 39.9 Å². The van der Waals surface area contributed by atoms with E-state index >= 15 is 0 Å². The van der Waals surface area contributed by atoms with E-state index in [2.05, 4.69) is 48.5 Å². The monoisotopic (exact) mass is 1090 g/mol. The Morgan fingerprint density at radius 2 is 1.23 bits per heavy atom. The van der Waals surface area contributed by atoms with Gasteiger partial charge < -0.3 is 34.3 Å². The van der Waals surface area contributed by atoms with Crippen LogP contribution in [0.3, 0.4) is 0 Å². The van der Waals surface area contributed by atoms with Crippen molar-refractivity contribution in [1.82, 2.24) is 0 Å². The highest BCUT2D eigenvalue weighted by molar-refractivity contribution is 7.81. The molecule has 0 radical (unpaired) electrons. The van der Waals surface area contributed by atoms with E-state index in [0.717, 1.165) is 77.0 Å². The third-order valence-electron chi connectivity index (χ3n) is 25.7. The molecular formula is C58H90O15S2. The van der Waals surface area contributed by atoms with E-state index in [1.165, 1.54) is 22.3 Å². The van der Waals surface area contributed by atoms with Gasteiger partial charge in [-0.3, -0.25) is 9.11 Å². The first-order valence-corrected chi connectivity index (χ1v) is 31.9. The molecule has 75 heavy (non-hydrogen) atoms. The van der Waals surface area contributed by atoms with Crippen LogP contribution in [-0.4, -0.2) is 108 Å². The summed E-state index contributed by atoms with van der Waals surface area (Å²) >= 11 is 0. The lowest BCUT2D eigenvalue weighted by molar-refractivity contribution is -0.408. The van der Waals surface area contributed by atoms with E-state index in [9.17, 15) is 41.3 Å². The molecule has 424 valence electrons. The van der Waals surface area contributed by atoms with Crippen LogP contribution in [0, 0.1) is 85.8 Å². The zero-order valence-electron chi connectivity index (χ0n) is 46.7. The van der Waals surface area contributed by atoms with Crippen LogP contribution in [0.4, 0.5) is 0 Å². The molecule has 14 rings (SSSR count). The van der Waals surface area contributed by atoms with E-state index in [1.54, 1.807) is 0 Å². The van der Waals surface area contributed by atoms with Crippen LogP contribution >= 0.6 is 0 Å². The minimum Gasteiger partial charge on any atom is -0.387 e. The summed E-state index contributed by atoms with van der Waals surface area (Å²) in [5.41, 5.74) is 1.22. The number of fused-ring (bicyclic) bond motifs is 10. The van der Waals surface area contributed by atoms with Gasteiger partial charge in [-0.15, -0.1) is 0 Å². The van der Waals surface area contributed by atoms with Gasteiger partial charge in [-0.2, -0.15) is 16.8 Å². The van der Waals surface area contributed by atoms with Crippen molar-refractivity contribution in [3.63, 3.8) is 0 Å². The Hall–Kier alpha value is -1.06. The maximum Gasteiger partial charge on any atom is 0.397 e. The summed E-state index contributed by atoms with van der Waals surface area (Å²) in [6.45, 7) is 24.6. The molecule has 17 heteroatoms. The van der Waals surface area contributed by atoms with Crippen molar-refractivity contribution in [1.29, 1.82) is 0 Å². The molecule has 6 bridgehead atoms. The molecule has 0 aromatic carbocycles. The minimum absolute atomic E-state index is 0.0253. The molecule has 6 aliphatic heterocycles. The zero-order valence-corrected chi connectivity index (χ0v) is 48.3. The third kappa shape index (κ3) is 7.52. The molecule has 6 saturated heterocycles. The molecule has 14 aliphatic rings. The molecule has 21 atom stereocenters. The fourth-order valence-electron chi connectivity index (χ4n) is 22.4. The lowest BCUT2D eigenvalue weighted by Gasteiger charge is -2.69. The van der Waals surface area contributed by atoms with Crippen molar-refractivity contribution in [2.45, 2.75) is 239 Å². The second-order valence-corrected chi connectivity index (χ2v) is 31.8. The summed E-state index contributed by atoms with van der Waals surface area (Å²) in [5.74, 6) is -1.95. The topological polar surface area (TPSA) is 225 Å². The number of aliphatic hydroxyl groups is 3. The molecule has 2 spiro atoms. The van der Waals surface area contributed by atoms with Crippen molar-refractivity contribution in [3.05, 3.63) is 22.3 Å². The van der Waals surface area contributed by atoms with Gasteiger partial charge in [0.25, 0.3) is 0 Å². The second kappa shape index (κ2) is 16.8. The van der Waals surface area contributed by atoms with E-state index in [0.29, 0.717) is 56.0 Å². The third-order valence-corrected chi connectivity index (χ3v) is 26.7. The molecule has 6 heterocycles. The van der Waals surface area contributed by atoms with Crippen molar-refractivity contribution in [2.24, 2.45) is 85.8 Å². The molecule has 4 saturated carbocycles. The summed E-state index contributed by atoms with van der Waals surface area (Å²) in [4.78, 5) is 0. The number of hydrogen-bond donors (Lipinski definition) is 5. The molecule has 10 fully saturated rings. The molecule has 8 aliphatic carbocycles. The molecule has 0 amide bonds. The lowest BCUT2D eigenvalue weighted by atomic mass is 9.42. The Labute approximate surface area is 447 Å². The molecule has 5 unspecified atom stereocenters. The van der Waals surface area contributed by atoms with Crippen molar-refractivity contribution < 1.29 is 68.6 Å². The Kier molecular flexibility index (Phi) is 12.2. The second-order valence-electron chi connectivity index (χ2n) is 29.7. The summed E-state index contributed by atoms with van der Waals surface area (Å²) in [7, 11) is -9.60. The van der Waals surface area contributed by atoms with Gasteiger partial charge in [-0.05, 0) is 176 Å². The van der Waals surface area contributed by atoms with Crippen molar-refractivity contribution >= 4 is 20.8 Å². The molecule has 0 aromatic rings. The van der Waals surface area contributed by atoms with Gasteiger partial charge in [0.05, 0.1) is 48.8 Å². The highest BCUT2D eigenvalue weighted by atomic mass is 32.3. The van der Waals surface area contributed by atoms with E-state index in [-0.39, 0.29) is 65.3 Å². The van der Waals surface area contributed by atoms with Crippen molar-refractivity contribution in [2.75, 3.05) is 13.2 Å². The average molecular weight is 1090 g/mol. The van der Waals surface area contributed by atoms with Crippen LogP contribution in [0.5, 0.6) is 0 Å². The van der Waals surface area contributed by atoms with Crippen LogP contribution in [-0.2, 0) is 48.1 Å². The van der Waals surface area contributed by atoms with Crippen LogP contribution in [0.15, 0.2) is 22.3 Å². The van der Waals surface area contributed by atoms with Gasteiger partial charge in [-0.25, -0.2) is 8.37 Å². The Bertz CT molecular complexity index is 2650. The largest absolute Gasteiger partial charge is 0.397 e. The molecule has 15 nitrogen and oxygen atoms in total. The quantitative estimate of drug-likeness (QED) is 0.101. The minimum atomic E-state index is -4.83. The summed E-state index contributed by atoms with van der Waals surface area (Å²) in [6.07, 6.45) is 10.6. The van der Waals surface area contributed by atoms with Gasteiger partial charge in [-0.1, -0.05) is 77.7 Å². The Balaban J connectivity index is 0.788. The summed E-state index contributed by atoms with van der Waals surface area (Å²) in [5, 5.41) is 35.0. The zero-order chi connectivity index (χ0) is 54.1. The van der Waals surface area contributed by atoms with Crippen LogP contribution in [0.2, 0.25) is 0 Å². The normalized spacial score (nSPS) is 51.8. The van der Waals surface area contributed by atoms with E-state index in [1.807, 2.05) is 27.7 Å². The summed E-state index contributed by atoms with van der Waals surface area (Å²) < 4.78 is 109. The van der Waals surface area contributed by atoms with Crippen LogP contribution < -0.4 is 0 Å². The first kappa shape index (κ1) is 54.5. The van der Waals surface area contributed by atoms with Crippen molar-refractivity contribution in [3.8, 4) is 0 Å². The van der Waals surface area contributed by atoms with E-state index in [4.69, 9.17) is 27.3 Å². The molecule has 0 aromatic heterocycles. The van der Waals surface area contributed by atoms with Gasteiger partial charge in [0.15, 0.2) is 11.6 Å². The SMILES string of the molecule is CC([C@H]1CCC2C3=C(CC[C@@]21C)[C@]12CC[C@@](O)(OC1)C(C)(C)C2[C@@H](OS(=O)(=O)O)C3)[C@H]1C[C@@H]2C[C@@](C)(OC2(C)C)[C@H](CC[C@@H](C)[C@H]2CCC3C4=C(CC[C@@]32C)[C@@]23CO[C@](O)([C@@H](O)C2)C(C)(C)C3[C@@H](OS(=O)(=O)O)C4)O1. The fourth-order valence-corrected chi connectivity index (χ4v) is 23.4. The van der Waals surface area contributed by atoms with Crippen LogP contribution in [0.25, 0.3) is 0 Å². The first-order valence-electron chi connectivity index (χ1n) is 29.1. The smallest absolute Gasteiger partial charge is 0.387 e. The number of ether oxygens (including phenoxy) is 4. The molecule has 5 N–H and O–H groups in total. The van der Waals surface area contributed by atoms with Crippen LogP contribution in [0.1, 0.15) is 185 Å². The average Bonchev–Trinajstić information content (AvgIpc) is 3.98. The predicted molar refractivity (Wildman–Crippen MR) is 277 cm³/mol. The highest BCUT2D eigenvalue weighted by Crippen LogP contribution is 2.74. The van der Waals surface area contributed by atoms with E-state index < -0.39 is 83.9 Å². The Morgan fingerprint density at radius 3 is 1.79 bits per heavy atom. The highest BCUT2D eigenvalue weighted by Gasteiger charge is 2.75. The number of hydrogen-bond acceptors (Lipinski definition) is 13. The van der Waals surface area contributed by atoms with Gasteiger partial charge in [0.2, 0.25) is 0 Å².